The summed E-state index contributed by atoms with van der Waals surface area (Å²) in [5.41, 5.74) is 1.13. The molecule has 0 amide bonds. The van der Waals surface area contributed by atoms with Gasteiger partial charge in [0.05, 0.1) is 10.7 Å². The number of nitrogens with zero attached hydrogens (tertiary/aromatic N) is 3. The predicted octanol–water partition coefficient (Wildman–Crippen LogP) is 3.73. The third-order valence-electron chi connectivity index (χ3n) is 5.55. The highest BCUT2D eigenvalue weighted by Gasteiger charge is 2.51. The van der Waals surface area contributed by atoms with Crippen LogP contribution in [0.1, 0.15) is 44.2 Å². The van der Waals surface area contributed by atoms with Crippen LogP contribution in [0.15, 0.2) is 10.7 Å². The van der Waals surface area contributed by atoms with Gasteiger partial charge in [0.25, 0.3) is 0 Å². The first kappa shape index (κ1) is 12.0. The molecule has 4 saturated carbocycles. The maximum Gasteiger partial charge on any atom is 0.152 e. The number of halogens is 1. The Hall–Kier alpha value is -0.820. The first-order valence-electron chi connectivity index (χ1n) is 7.29. The van der Waals surface area contributed by atoms with E-state index in [1.54, 1.807) is 6.20 Å². The van der Waals surface area contributed by atoms with E-state index in [1.807, 2.05) is 4.68 Å². The number of rotatable bonds is 2. The summed E-state index contributed by atoms with van der Waals surface area (Å²) in [6.07, 6.45) is 10.2. The summed E-state index contributed by atoms with van der Waals surface area (Å²) in [5.74, 6) is 2.86. The SMILES string of the molecule is N#Cc1c(Br)cnn1CC12CC3CC(CC(C3)C1)C2. The Morgan fingerprint density at radius 1 is 1.26 bits per heavy atom. The van der Waals surface area contributed by atoms with Crippen molar-refractivity contribution in [3.8, 4) is 6.07 Å². The molecule has 0 radical (unpaired) electrons. The van der Waals surface area contributed by atoms with Gasteiger partial charge in [-0.05, 0) is 77.6 Å². The summed E-state index contributed by atoms with van der Waals surface area (Å²) < 4.78 is 2.77. The second-order valence-corrected chi connectivity index (χ2v) is 7.88. The number of hydrogen-bond donors (Lipinski definition) is 0. The van der Waals surface area contributed by atoms with Crippen molar-refractivity contribution in [2.75, 3.05) is 0 Å². The predicted molar refractivity (Wildman–Crippen MR) is 75.2 cm³/mol. The summed E-state index contributed by atoms with van der Waals surface area (Å²) in [6.45, 7) is 0.949. The summed E-state index contributed by atoms with van der Waals surface area (Å²) >= 11 is 3.42. The molecule has 3 nitrogen and oxygen atoms in total. The van der Waals surface area contributed by atoms with Crippen molar-refractivity contribution in [1.82, 2.24) is 9.78 Å². The first-order chi connectivity index (χ1) is 9.17. The van der Waals surface area contributed by atoms with Crippen LogP contribution in [0.5, 0.6) is 0 Å². The van der Waals surface area contributed by atoms with E-state index in [0.717, 1.165) is 28.8 Å². The zero-order valence-corrected chi connectivity index (χ0v) is 12.6. The van der Waals surface area contributed by atoms with Gasteiger partial charge in [0.2, 0.25) is 0 Å². The first-order valence-corrected chi connectivity index (χ1v) is 8.08. The lowest BCUT2D eigenvalue weighted by molar-refractivity contribution is -0.0636. The van der Waals surface area contributed by atoms with E-state index in [9.17, 15) is 5.26 Å². The van der Waals surface area contributed by atoms with Crippen molar-refractivity contribution in [3.63, 3.8) is 0 Å². The molecule has 1 aromatic rings. The second-order valence-electron chi connectivity index (χ2n) is 7.03. The van der Waals surface area contributed by atoms with E-state index >= 15 is 0 Å². The van der Waals surface area contributed by atoms with Crippen LogP contribution in [0.3, 0.4) is 0 Å². The third-order valence-corrected chi connectivity index (χ3v) is 6.13. The Labute approximate surface area is 122 Å². The van der Waals surface area contributed by atoms with E-state index in [-0.39, 0.29) is 0 Å². The molecule has 1 heterocycles. The fourth-order valence-corrected chi connectivity index (χ4v) is 5.78. The van der Waals surface area contributed by atoms with Gasteiger partial charge in [0.15, 0.2) is 5.69 Å². The van der Waals surface area contributed by atoms with E-state index in [1.165, 1.54) is 38.5 Å². The average molecular weight is 320 g/mol. The van der Waals surface area contributed by atoms with Gasteiger partial charge in [-0.25, -0.2) is 0 Å². The zero-order chi connectivity index (χ0) is 13.0. The molecular weight excluding hydrogens is 302 g/mol. The summed E-state index contributed by atoms with van der Waals surface area (Å²) in [7, 11) is 0. The monoisotopic (exact) mass is 319 g/mol. The minimum atomic E-state index is 0.436. The Bertz CT molecular complexity index is 519. The molecule has 4 bridgehead atoms. The van der Waals surface area contributed by atoms with Crippen molar-refractivity contribution in [2.45, 2.75) is 45.1 Å². The highest BCUT2D eigenvalue weighted by molar-refractivity contribution is 9.10. The average Bonchev–Trinajstić information content (AvgIpc) is 2.67. The topological polar surface area (TPSA) is 41.6 Å². The fourth-order valence-electron chi connectivity index (χ4n) is 5.39. The second kappa shape index (κ2) is 4.09. The zero-order valence-electron chi connectivity index (χ0n) is 11.0. The molecule has 4 aliphatic carbocycles. The standard InChI is InChI=1S/C15H18BrN3/c16-13-8-18-19(14(13)7-17)9-15-4-10-1-11(5-15)3-12(2-10)6-15/h8,10-12H,1-6,9H2. The van der Waals surface area contributed by atoms with Crippen molar-refractivity contribution in [2.24, 2.45) is 23.2 Å². The van der Waals surface area contributed by atoms with Crippen molar-refractivity contribution in [1.29, 1.82) is 5.26 Å². The van der Waals surface area contributed by atoms with Crippen molar-refractivity contribution < 1.29 is 0 Å². The highest BCUT2D eigenvalue weighted by Crippen LogP contribution is 2.60. The molecule has 100 valence electrons. The van der Waals surface area contributed by atoms with Gasteiger partial charge in [-0.2, -0.15) is 10.4 Å². The number of nitriles is 1. The molecule has 0 aliphatic heterocycles. The van der Waals surface area contributed by atoms with Gasteiger partial charge in [-0.15, -0.1) is 0 Å². The van der Waals surface area contributed by atoms with Gasteiger partial charge in [-0.3, -0.25) is 4.68 Å². The molecule has 19 heavy (non-hydrogen) atoms. The summed E-state index contributed by atoms with van der Waals surface area (Å²) in [6, 6.07) is 2.28. The van der Waals surface area contributed by atoms with Crippen molar-refractivity contribution >= 4 is 15.9 Å². The van der Waals surface area contributed by atoms with Crippen LogP contribution in [0.2, 0.25) is 0 Å². The molecule has 0 atom stereocenters. The maximum absolute atomic E-state index is 9.26. The minimum absolute atomic E-state index is 0.436. The van der Waals surface area contributed by atoms with Crippen LogP contribution in [0.25, 0.3) is 0 Å². The Balaban J connectivity index is 1.64. The molecule has 0 N–H and O–H groups in total. The van der Waals surface area contributed by atoms with Crippen LogP contribution in [-0.4, -0.2) is 9.78 Å². The van der Waals surface area contributed by atoms with Crippen LogP contribution in [-0.2, 0) is 6.54 Å². The third kappa shape index (κ3) is 1.86. The number of aromatic nitrogens is 2. The minimum Gasteiger partial charge on any atom is -0.253 e. The molecule has 1 aromatic heterocycles. The lowest BCUT2D eigenvalue weighted by Crippen LogP contribution is -2.48. The maximum atomic E-state index is 9.26. The smallest absolute Gasteiger partial charge is 0.152 e. The molecule has 4 aliphatic rings. The quantitative estimate of drug-likeness (QED) is 0.833. The number of hydrogen-bond acceptors (Lipinski definition) is 2. The van der Waals surface area contributed by atoms with E-state index in [0.29, 0.717) is 11.1 Å². The molecule has 4 heteroatoms. The van der Waals surface area contributed by atoms with Crippen LogP contribution >= 0.6 is 15.9 Å². The van der Waals surface area contributed by atoms with Crippen molar-refractivity contribution in [3.05, 3.63) is 16.4 Å². The van der Waals surface area contributed by atoms with Crippen LogP contribution in [0.4, 0.5) is 0 Å². The van der Waals surface area contributed by atoms with Gasteiger partial charge in [-0.1, -0.05) is 0 Å². The largest absolute Gasteiger partial charge is 0.253 e. The van der Waals surface area contributed by atoms with Crippen LogP contribution < -0.4 is 0 Å². The van der Waals surface area contributed by atoms with Gasteiger partial charge < -0.3 is 0 Å². The Kier molecular flexibility index (Phi) is 2.57. The molecule has 5 rings (SSSR count). The normalized spacial score (nSPS) is 39.5. The molecule has 0 saturated heterocycles. The Morgan fingerprint density at radius 3 is 2.37 bits per heavy atom. The summed E-state index contributed by atoms with van der Waals surface area (Å²) in [4.78, 5) is 0. The van der Waals surface area contributed by atoms with E-state index in [2.05, 4.69) is 27.1 Å². The molecule has 0 aromatic carbocycles. The molecule has 0 spiro atoms. The lowest BCUT2D eigenvalue weighted by atomic mass is 9.49. The summed E-state index contributed by atoms with van der Waals surface area (Å²) in [5, 5.41) is 13.7. The van der Waals surface area contributed by atoms with Gasteiger partial charge in [0.1, 0.15) is 6.07 Å². The lowest BCUT2D eigenvalue weighted by Gasteiger charge is -2.56. The fraction of sp³-hybridized carbons (Fsp3) is 0.733. The van der Waals surface area contributed by atoms with Gasteiger partial charge >= 0.3 is 0 Å². The molecule has 0 unspecified atom stereocenters. The van der Waals surface area contributed by atoms with E-state index < -0.39 is 0 Å². The highest BCUT2D eigenvalue weighted by atomic mass is 79.9. The van der Waals surface area contributed by atoms with Crippen LogP contribution in [0, 0.1) is 34.5 Å². The molecular formula is C15H18BrN3. The van der Waals surface area contributed by atoms with Gasteiger partial charge in [0, 0.05) is 6.54 Å². The van der Waals surface area contributed by atoms with E-state index in [4.69, 9.17) is 0 Å². The molecule has 4 fully saturated rings. The Morgan fingerprint density at radius 2 is 1.84 bits per heavy atom.